The van der Waals surface area contributed by atoms with Crippen LogP contribution in [-0.4, -0.2) is 4.57 Å². The molecule has 3 aromatic rings. The molecule has 0 N–H and O–H groups in total. The van der Waals surface area contributed by atoms with Crippen molar-refractivity contribution in [3.8, 4) is 0 Å². The molecule has 1 aromatic heterocycles. The zero-order valence-corrected chi connectivity index (χ0v) is 11.4. The number of aromatic nitrogens is 1. The first-order valence-electron chi connectivity index (χ1n) is 6.94. The van der Waals surface area contributed by atoms with Crippen LogP contribution in [0.3, 0.4) is 0 Å². The highest BCUT2D eigenvalue weighted by molar-refractivity contribution is 6.08. The van der Waals surface area contributed by atoms with Gasteiger partial charge in [-0.1, -0.05) is 48.6 Å². The molecule has 1 unspecified atom stereocenters. The molecule has 0 aliphatic heterocycles. The number of para-hydroxylation sites is 2. The van der Waals surface area contributed by atoms with Gasteiger partial charge in [-0.15, -0.1) is 5.73 Å². The van der Waals surface area contributed by atoms with Crippen LogP contribution in [0.15, 0.2) is 78.1 Å². The molecule has 4 rings (SSSR count). The van der Waals surface area contributed by atoms with Crippen molar-refractivity contribution >= 4 is 21.8 Å². The number of hydrogen-bond acceptors (Lipinski definition) is 0. The number of benzene rings is 2. The minimum Gasteiger partial charge on any atom is -0.329 e. The van der Waals surface area contributed by atoms with Gasteiger partial charge in [-0.05, 0) is 30.7 Å². The summed E-state index contributed by atoms with van der Waals surface area (Å²) in [5, 5.41) is 2.63. The lowest BCUT2D eigenvalue weighted by Gasteiger charge is -2.15. The van der Waals surface area contributed by atoms with Gasteiger partial charge in [0, 0.05) is 21.8 Å². The smallest absolute Gasteiger partial charge is 0.0783 e. The maximum atomic E-state index is 3.33. The van der Waals surface area contributed by atoms with Crippen molar-refractivity contribution < 1.29 is 0 Å². The fraction of sp³-hybridized carbons (Fsp3) is 0.105. The molecule has 1 nitrogen and oxygen atoms in total. The first-order valence-corrected chi connectivity index (χ1v) is 6.94. The van der Waals surface area contributed by atoms with E-state index in [1.54, 1.807) is 0 Å². The molecule has 0 saturated carbocycles. The van der Waals surface area contributed by atoms with Gasteiger partial charge < -0.3 is 4.57 Å². The van der Waals surface area contributed by atoms with E-state index in [1.165, 1.54) is 27.4 Å². The molecule has 20 heavy (non-hydrogen) atoms. The quantitative estimate of drug-likeness (QED) is 0.540. The van der Waals surface area contributed by atoms with Gasteiger partial charge in [0.1, 0.15) is 0 Å². The summed E-state index contributed by atoms with van der Waals surface area (Å²) in [6.07, 6.45) is 6.53. The van der Waals surface area contributed by atoms with Crippen LogP contribution in [0, 0.1) is 0 Å². The van der Waals surface area contributed by atoms with E-state index in [-0.39, 0.29) is 6.04 Å². The van der Waals surface area contributed by atoms with Crippen molar-refractivity contribution in [2.45, 2.75) is 13.0 Å². The Morgan fingerprint density at radius 1 is 0.900 bits per heavy atom. The second-order valence-electron chi connectivity index (χ2n) is 5.25. The van der Waals surface area contributed by atoms with Crippen LogP contribution in [0.5, 0.6) is 0 Å². The van der Waals surface area contributed by atoms with E-state index in [0.29, 0.717) is 0 Å². The highest BCUT2D eigenvalue weighted by atomic mass is 15.0. The second-order valence-corrected chi connectivity index (χ2v) is 5.25. The summed E-state index contributed by atoms with van der Waals surface area (Å²) in [6.45, 7) is 2.08. The summed E-state index contributed by atoms with van der Waals surface area (Å²) in [4.78, 5) is 0. The third kappa shape index (κ3) is 1.57. The highest BCUT2D eigenvalue weighted by Crippen LogP contribution is 2.33. The van der Waals surface area contributed by atoms with Crippen molar-refractivity contribution in [2.75, 3.05) is 0 Å². The summed E-state index contributed by atoms with van der Waals surface area (Å²) < 4.78 is 2.39. The molecule has 1 atom stereocenters. The maximum absolute atomic E-state index is 3.33. The molecule has 0 saturated heterocycles. The van der Waals surface area contributed by atoms with Gasteiger partial charge in [0.25, 0.3) is 0 Å². The Bertz CT molecular complexity index is 849. The van der Waals surface area contributed by atoms with Gasteiger partial charge >= 0.3 is 0 Å². The summed E-state index contributed by atoms with van der Waals surface area (Å²) in [7, 11) is 0. The first kappa shape index (κ1) is 11.3. The lowest BCUT2D eigenvalue weighted by atomic mass is 10.1. The summed E-state index contributed by atoms with van der Waals surface area (Å²) >= 11 is 0. The average Bonchev–Trinajstić information content (AvgIpc) is 2.83. The van der Waals surface area contributed by atoms with E-state index in [1.807, 2.05) is 0 Å². The van der Waals surface area contributed by atoms with Crippen molar-refractivity contribution in [1.82, 2.24) is 4.57 Å². The Hall–Kier alpha value is -2.50. The van der Waals surface area contributed by atoms with E-state index in [2.05, 4.69) is 84.0 Å². The second kappa shape index (κ2) is 4.26. The minimum atomic E-state index is 0.239. The van der Waals surface area contributed by atoms with Crippen LogP contribution in [0.1, 0.15) is 13.0 Å². The minimum absolute atomic E-state index is 0.239. The standard InChI is InChI=1S/C19H15N/c1-14-10-12-15(13-11-14)20-18-8-4-2-6-16(18)17-7-3-5-9-19(17)20/h2-10,12-13,15H,1H3. The Morgan fingerprint density at radius 3 is 2.05 bits per heavy atom. The van der Waals surface area contributed by atoms with E-state index < -0.39 is 0 Å². The molecule has 0 amide bonds. The highest BCUT2D eigenvalue weighted by Gasteiger charge is 2.14. The predicted octanol–water partition coefficient (Wildman–Crippen LogP) is 5.01. The van der Waals surface area contributed by atoms with E-state index in [0.717, 1.165) is 0 Å². The third-order valence-electron chi connectivity index (χ3n) is 3.94. The topological polar surface area (TPSA) is 4.93 Å². The molecule has 1 heterocycles. The molecule has 1 aliphatic rings. The molecule has 1 aliphatic carbocycles. The van der Waals surface area contributed by atoms with Gasteiger partial charge in [0.15, 0.2) is 0 Å². The number of nitrogens with zero attached hydrogens (tertiary/aromatic N) is 1. The Kier molecular flexibility index (Phi) is 2.42. The summed E-state index contributed by atoms with van der Waals surface area (Å²) in [6, 6.07) is 17.5. The molecule has 2 aromatic carbocycles. The third-order valence-corrected chi connectivity index (χ3v) is 3.94. The first-order chi connectivity index (χ1) is 9.84. The van der Waals surface area contributed by atoms with Crippen LogP contribution in [0.2, 0.25) is 0 Å². The van der Waals surface area contributed by atoms with Gasteiger partial charge in [0.2, 0.25) is 0 Å². The summed E-state index contributed by atoms with van der Waals surface area (Å²) in [5.41, 5.74) is 7.07. The van der Waals surface area contributed by atoms with Crippen LogP contribution in [0.25, 0.3) is 21.8 Å². The van der Waals surface area contributed by atoms with Gasteiger partial charge in [-0.2, -0.15) is 0 Å². The fourth-order valence-electron chi connectivity index (χ4n) is 3.00. The lowest BCUT2D eigenvalue weighted by molar-refractivity contribution is 0.778. The monoisotopic (exact) mass is 257 g/mol. The molecule has 0 fully saturated rings. The van der Waals surface area contributed by atoms with Crippen molar-refractivity contribution in [3.05, 3.63) is 78.1 Å². The molecule has 96 valence electrons. The van der Waals surface area contributed by atoms with Crippen LogP contribution < -0.4 is 0 Å². The van der Waals surface area contributed by atoms with Crippen LogP contribution in [0.4, 0.5) is 0 Å². The Morgan fingerprint density at radius 2 is 1.50 bits per heavy atom. The number of rotatable bonds is 1. The Balaban J connectivity index is 2.11. The number of allylic oxidation sites excluding steroid dienone is 3. The van der Waals surface area contributed by atoms with Gasteiger partial charge in [-0.25, -0.2) is 0 Å². The van der Waals surface area contributed by atoms with E-state index in [4.69, 9.17) is 0 Å². The van der Waals surface area contributed by atoms with E-state index >= 15 is 0 Å². The van der Waals surface area contributed by atoms with Crippen molar-refractivity contribution in [2.24, 2.45) is 0 Å². The van der Waals surface area contributed by atoms with Crippen LogP contribution in [-0.2, 0) is 0 Å². The Labute approximate surface area is 118 Å². The van der Waals surface area contributed by atoms with Crippen LogP contribution >= 0.6 is 0 Å². The molecular formula is C19H15N. The summed E-state index contributed by atoms with van der Waals surface area (Å²) in [5.74, 6) is 0. The fourth-order valence-corrected chi connectivity index (χ4v) is 3.00. The number of hydrogen-bond donors (Lipinski definition) is 0. The predicted molar refractivity (Wildman–Crippen MR) is 84.9 cm³/mol. The molecule has 0 spiro atoms. The van der Waals surface area contributed by atoms with Gasteiger partial charge in [-0.3, -0.25) is 0 Å². The van der Waals surface area contributed by atoms with Gasteiger partial charge in [0.05, 0.1) is 6.04 Å². The maximum Gasteiger partial charge on any atom is 0.0783 e. The lowest BCUT2D eigenvalue weighted by Crippen LogP contribution is -2.04. The molecular weight excluding hydrogens is 242 g/mol. The molecule has 0 bridgehead atoms. The van der Waals surface area contributed by atoms with Crippen molar-refractivity contribution in [3.63, 3.8) is 0 Å². The van der Waals surface area contributed by atoms with E-state index in [9.17, 15) is 0 Å². The van der Waals surface area contributed by atoms with Crippen molar-refractivity contribution in [1.29, 1.82) is 0 Å². The normalized spacial score (nSPS) is 17.9. The zero-order chi connectivity index (χ0) is 13.5. The number of fused-ring (bicyclic) bond motifs is 3. The SMILES string of the molecule is CC1=C=CC(n2c3ccccc3c3ccccc32)C=C1. The molecule has 1 heteroatoms. The zero-order valence-electron chi connectivity index (χ0n) is 11.4. The molecule has 0 radical (unpaired) electrons. The average molecular weight is 257 g/mol. The largest absolute Gasteiger partial charge is 0.329 e.